The van der Waals surface area contributed by atoms with Crippen molar-refractivity contribution in [3.05, 3.63) is 47.0 Å². The monoisotopic (exact) mass is 301 g/mol. The van der Waals surface area contributed by atoms with Crippen LogP contribution in [0.5, 0.6) is 0 Å². The van der Waals surface area contributed by atoms with Crippen LogP contribution in [0.3, 0.4) is 0 Å². The minimum absolute atomic E-state index is 0.0685. The maximum absolute atomic E-state index is 12.1. The van der Waals surface area contributed by atoms with E-state index in [0.29, 0.717) is 13.0 Å². The van der Waals surface area contributed by atoms with E-state index in [1.54, 1.807) is 0 Å². The van der Waals surface area contributed by atoms with Gasteiger partial charge in [0.05, 0.1) is 7.11 Å². The summed E-state index contributed by atoms with van der Waals surface area (Å²) in [6.07, 6.45) is 0.577. The fourth-order valence-electron chi connectivity index (χ4n) is 3.44. The highest BCUT2D eigenvalue weighted by Gasteiger charge is 2.51. The first-order chi connectivity index (χ1) is 10.5. The first-order valence-corrected chi connectivity index (χ1v) is 7.27. The minimum atomic E-state index is -0.749. The van der Waals surface area contributed by atoms with Gasteiger partial charge in [0.2, 0.25) is 0 Å². The van der Waals surface area contributed by atoms with Crippen LogP contribution in [0.4, 0.5) is 0 Å². The average molecular weight is 301 g/mol. The average Bonchev–Trinajstić information content (AvgIpc) is 2.75. The Bertz CT molecular complexity index is 652. The van der Waals surface area contributed by atoms with E-state index in [1.807, 2.05) is 32.2 Å². The second-order valence-corrected chi connectivity index (χ2v) is 6.01. The van der Waals surface area contributed by atoms with Crippen LogP contribution in [0.15, 0.2) is 41.5 Å². The molecule has 2 heterocycles. The molecule has 0 bridgehead atoms. The fourth-order valence-corrected chi connectivity index (χ4v) is 3.44. The molecule has 1 fully saturated rings. The normalized spacial score (nSPS) is 28.3. The third kappa shape index (κ3) is 2.22. The zero-order valence-corrected chi connectivity index (χ0v) is 13.0. The topological polar surface area (TPSA) is 55.8 Å². The van der Waals surface area contributed by atoms with Gasteiger partial charge in [-0.1, -0.05) is 30.3 Å². The Morgan fingerprint density at radius 1 is 1.36 bits per heavy atom. The Hall–Kier alpha value is -2.14. The molecule has 0 saturated carbocycles. The van der Waals surface area contributed by atoms with Crippen molar-refractivity contribution in [2.24, 2.45) is 0 Å². The molecule has 5 heteroatoms. The number of carbonyl (C=O) groups excluding carboxylic acids is 2. The van der Waals surface area contributed by atoms with Crippen LogP contribution in [0.25, 0.3) is 0 Å². The molecule has 1 aromatic rings. The van der Waals surface area contributed by atoms with Gasteiger partial charge in [0.25, 0.3) is 0 Å². The standard InChI is InChI=1S/C17H19NO4/c1-17-10-18(2)13(11-7-5-4-6-8-11)9-12(17)14(15(19)21-3)16(20)22-17/h4-8,13H,9-10H2,1-3H3. The van der Waals surface area contributed by atoms with Gasteiger partial charge in [0.15, 0.2) is 0 Å². The van der Waals surface area contributed by atoms with Gasteiger partial charge in [0, 0.05) is 12.6 Å². The molecular weight excluding hydrogens is 282 g/mol. The molecule has 1 saturated heterocycles. The maximum Gasteiger partial charge on any atom is 0.346 e. The summed E-state index contributed by atoms with van der Waals surface area (Å²) < 4.78 is 10.2. The summed E-state index contributed by atoms with van der Waals surface area (Å²) in [5, 5.41) is 0. The van der Waals surface area contributed by atoms with Gasteiger partial charge >= 0.3 is 11.9 Å². The van der Waals surface area contributed by atoms with Crippen molar-refractivity contribution in [3.8, 4) is 0 Å². The predicted molar refractivity (Wildman–Crippen MR) is 80.0 cm³/mol. The predicted octanol–water partition coefficient (Wildman–Crippen LogP) is 1.85. The van der Waals surface area contributed by atoms with Crippen LogP contribution < -0.4 is 0 Å². The number of hydrogen-bond donors (Lipinski definition) is 0. The van der Waals surface area contributed by atoms with Crippen LogP contribution >= 0.6 is 0 Å². The van der Waals surface area contributed by atoms with E-state index in [0.717, 1.165) is 11.1 Å². The van der Waals surface area contributed by atoms with Crippen molar-refractivity contribution in [1.82, 2.24) is 4.90 Å². The van der Waals surface area contributed by atoms with E-state index in [4.69, 9.17) is 9.47 Å². The molecule has 2 aliphatic heterocycles. The van der Waals surface area contributed by atoms with Crippen LogP contribution in [-0.2, 0) is 19.1 Å². The van der Waals surface area contributed by atoms with E-state index in [9.17, 15) is 9.59 Å². The van der Waals surface area contributed by atoms with Gasteiger partial charge in [-0.25, -0.2) is 9.59 Å². The van der Waals surface area contributed by atoms with E-state index >= 15 is 0 Å². The van der Waals surface area contributed by atoms with Crippen molar-refractivity contribution in [1.29, 1.82) is 0 Å². The summed E-state index contributed by atoms with van der Waals surface area (Å²) in [5.74, 6) is -1.19. The van der Waals surface area contributed by atoms with Crippen molar-refractivity contribution < 1.29 is 19.1 Å². The lowest BCUT2D eigenvalue weighted by Crippen LogP contribution is -2.47. The highest BCUT2D eigenvalue weighted by Crippen LogP contribution is 2.45. The second-order valence-electron chi connectivity index (χ2n) is 6.01. The first-order valence-electron chi connectivity index (χ1n) is 7.27. The molecule has 22 heavy (non-hydrogen) atoms. The van der Waals surface area contributed by atoms with Crippen molar-refractivity contribution in [2.45, 2.75) is 25.0 Å². The smallest absolute Gasteiger partial charge is 0.346 e. The number of nitrogens with zero attached hydrogens (tertiary/aromatic N) is 1. The third-order valence-electron chi connectivity index (χ3n) is 4.52. The van der Waals surface area contributed by atoms with E-state index in [1.165, 1.54) is 7.11 Å². The lowest BCUT2D eigenvalue weighted by Gasteiger charge is -2.42. The number of rotatable bonds is 2. The molecule has 0 N–H and O–H groups in total. The zero-order valence-electron chi connectivity index (χ0n) is 13.0. The van der Waals surface area contributed by atoms with Crippen molar-refractivity contribution in [2.75, 3.05) is 20.7 Å². The number of carbonyl (C=O) groups is 2. The summed E-state index contributed by atoms with van der Waals surface area (Å²) in [6, 6.07) is 10.2. The number of likely N-dealkylation sites (N-methyl/N-ethyl adjacent to an activating group) is 1. The van der Waals surface area contributed by atoms with E-state index in [2.05, 4.69) is 17.0 Å². The van der Waals surface area contributed by atoms with Crippen molar-refractivity contribution >= 4 is 11.9 Å². The van der Waals surface area contributed by atoms with Crippen LogP contribution in [0.2, 0.25) is 0 Å². The summed E-state index contributed by atoms with van der Waals surface area (Å²) >= 11 is 0. The number of benzene rings is 1. The molecule has 0 aliphatic carbocycles. The number of fused-ring (bicyclic) bond motifs is 1. The number of piperidine rings is 1. The number of esters is 2. The molecular formula is C17H19NO4. The van der Waals surface area contributed by atoms with Gasteiger partial charge in [-0.2, -0.15) is 0 Å². The molecule has 1 aromatic carbocycles. The van der Waals surface area contributed by atoms with E-state index in [-0.39, 0.29) is 11.6 Å². The summed E-state index contributed by atoms with van der Waals surface area (Å²) in [6.45, 7) is 2.40. The van der Waals surface area contributed by atoms with Gasteiger partial charge in [-0.3, -0.25) is 4.90 Å². The molecule has 116 valence electrons. The molecule has 0 radical (unpaired) electrons. The molecule has 2 aliphatic rings. The SMILES string of the molecule is COC(=O)C1=C2CC(c3ccccc3)N(C)CC2(C)OC1=O. The second kappa shape index (κ2) is 5.25. The van der Waals surface area contributed by atoms with Crippen LogP contribution in [-0.4, -0.2) is 43.1 Å². The van der Waals surface area contributed by atoms with Crippen LogP contribution in [0.1, 0.15) is 24.9 Å². The quantitative estimate of drug-likeness (QED) is 0.616. The molecule has 2 atom stereocenters. The number of ether oxygens (including phenoxy) is 2. The summed E-state index contributed by atoms with van der Waals surface area (Å²) in [4.78, 5) is 26.2. The highest BCUT2D eigenvalue weighted by atomic mass is 16.6. The molecule has 0 amide bonds. The van der Waals surface area contributed by atoms with Gasteiger partial charge in [0.1, 0.15) is 11.2 Å². The Labute approximate surface area is 129 Å². The Kier molecular flexibility index (Phi) is 3.53. The lowest BCUT2D eigenvalue weighted by atomic mass is 9.81. The first kappa shape index (κ1) is 14.8. The molecule has 2 unspecified atom stereocenters. The Morgan fingerprint density at radius 2 is 2.05 bits per heavy atom. The molecule has 0 aromatic heterocycles. The van der Waals surface area contributed by atoms with Gasteiger partial charge in [-0.05, 0) is 31.5 Å². The number of methoxy groups -OCH3 is 1. The Balaban J connectivity index is 2.03. The largest absolute Gasteiger partial charge is 0.465 e. The van der Waals surface area contributed by atoms with Gasteiger partial charge < -0.3 is 9.47 Å². The zero-order chi connectivity index (χ0) is 15.9. The third-order valence-corrected chi connectivity index (χ3v) is 4.52. The molecule has 0 spiro atoms. The van der Waals surface area contributed by atoms with Crippen LogP contribution in [0, 0.1) is 0 Å². The highest BCUT2D eigenvalue weighted by molar-refractivity contribution is 6.16. The summed E-state index contributed by atoms with van der Waals surface area (Å²) in [7, 11) is 3.28. The van der Waals surface area contributed by atoms with E-state index < -0.39 is 17.5 Å². The molecule has 3 rings (SSSR count). The Morgan fingerprint density at radius 3 is 2.68 bits per heavy atom. The summed E-state index contributed by atoms with van der Waals surface area (Å²) in [5.41, 5.74) is 1.22. The van der Waals surface area contributed by atoms with Gasteiger partial charge in [-0.15, -0.1) is 0 Å². The van der Waals surface area contributed by atoms with Crippen molar-refractivity contribution in [3.63, 3.8) is 0 Å². The lowest BCUT2D eigenvalue weighted by molar-refractivity contribution is -0.150. The number of likely N-dealkylation sites (tertiary alicyclic amines) is 1. The number of hydrogen-bond acceptors (Lipinski definition) is 5. The molecule has 5 nitrogen and oxygen atoms in total. The minimum Gasteiger partial charge on any atom is -0.465 e. The fraction of sp³-hybridized carbons (Fsp3) is 0.412. The maximum atomic E-state index is 12.1.